The number of ether oxygens (including phenoxy) is 2. The highest BCUT2D eigenvalue weighted by Crippen LogP contribution is 2.30. The summed E-state index contributed by atoms with van der Waals surface area (Å²) in [6.45, 7) is 0. The number of phenolic OH excluding ortho intramolecular Hbond substituents is 2. The van der Waals surface area contributed by atoms with Crippen LogP contribution in [0.3, 0.4) is 0 Å². The van der Waals surface area contributed by atoms with Gasteiger partial charge in [0.1, 0.15) is 23.0 Å². The molecular weight excluding hydrogens is 384 g/mol. The Kier molecular flexibility index (Phi) is 5.05. The molecule has 0 heterocycles. The lowest BCUT2D eigenvalue weighted by Gasteiger charge is -2.10. The molecule has 4 aromatic carbocycles. The number of phenols is 2. The molecule has 0 aliphatic carbocycles. The number of benzene rings is 4. The Hall–Kier alpha value is -4.32. The minimum atomic E-state index is -0.552. The van der Waals surface area contributed by atoms with Gasteiger partial charge < -0.3 is 19.7 Å². The van der Waals surface area contributed by atoms with E-state index in [2.05, 4.69) is 0 Å². The molecule has 0 unspecified atom stereocenters. The van der Waals surface area contributed by atoms with E-state index in [-0.39, 0.29) is 11.5 Å². The summed E-state index contributed by atoms with van der Waals surface area (Å²) in [5.74, 6) is -0.281. The molecule has 0 radical (unpaired) electrons. The number of aromatic hydroxyl groups is 2. The van der Waals surface area contributed by atoms with Crippen LogP contribution in [-0.2, 0) is 0 Å². The molecule has 0 fully saturated rings. The van der Waals surface area contributed by atoms with Crippen LogP contribution in [0.25, 0.3) is 10.8 Å². The van der Waals surface area contributed by atoms with Gasteiger partial charge in [-0.3, -0.25) is 0 Å². The van der Waals surface area contributed by atoms with Gasteiger partial charge in [-0.1, -0.05) is 12.1 Å². The molecule has 2 N–H and O–H groups in total. The van der Waals surface area contributed by atoms with Gasteiger partial charge in [-0.15, -0.1) is 0 Å². The average Bonchev–Trinajstić information content (AvgIpc) is 2.74. The van der Waals surface area contributed by atoms with Crippen LogP contribution in [0.1, 0.15) is 20.7 Å². The molecule has 0 spiro atoms. The Morgan fingerprint density at radius 3 is 1.80 bits per heavy atom. The van der Waals surface area contributed by atoms with Crippen LogP contribution in [-0.4, -0.2) is 22.2 Å². The van der Waals surface area contributed by atoms with E-state index in [9.17, 15) is 19.8 Å². The van der Waals surface area contributed by atoms with Crippen molar-refractivity contribution in [2.24, 2.45) is 0 Å². The fourth-order valence-corrected chi connectivity index (χ4v) is 2.90. The summed E-state index contributed by atoms with van der Waals surface area (Å²) in [7, 11) is 0. The summed E-state index contributed by atoms with van der Waals surface area (Å²) < 4.78 is 10.9. The maximum absolute atomic E-state index is 12.4. The first-order valence-electron chi connectivity index (χ1n) is 9.05. The Labute approximate surface area is 171 Å². The average molecular weight is 400 g/mol. The molecule has 0 bridgehead atoms. The van der Waals surface area contributed by atoms with Crippen LogP contribution in [0.2, 0.25) is 0 Å². The number of hydrogen-bond acceptors (Lipinski definition) is 6. The van der Waals surface area contributed by atoms with Crippen molar-refractivity contribution in [3.05, 3.63) is 96.1 Å². The standard InChI is InChI=1S/C24H16O6/c25-18-8-4-15(5-9-18)23(27)29-20-12-13-21-17(14-20)2-1-3-22(21)30-24(28)16-6-10-19(26)11-7-16/h1-14,25-26H. The zero-order valence-electron chi connectivity index (χ0n) is 15.6. The number of rotatable bonds is 4. The van der Waals surface area contributed by atoms with E-state index < -0.39 is 11.9 Å². The Balaban J connectivity index is 1.55. The zero-order valence-corrected chi connectivity index (χ0v) is 15.6. The van der Waals surface area contributed by atoms with E-state index in [4.69, 9.17) is 9.47 Å². The Morgan fingerprint density at radius 2 is 1.20 bits per heavy atom. The highest BCUT2D eigenvalue weighted by atomic mass is 16.5. The molecule has 148 valence electrons. The smallest absolute Gasteiger partial charge is 0.343 e. The first-order valence-corrected chi connectivity index (χ1v) is 9.05. The summed E-state index contributed by atoms with van der Waals surface area (Å²) in [5, 5.41) is 20.1. The Bertz CT molecular complexity index is 1230. The van der Waals surface area contributed by atoms with E-state index in [0.29, 0.717) is 28.0 Å². The summed E-state index contributed by atoms with van der Waals surface area (Å²) in [5.41, 5.74) is 0.619. The summed E-state index contributed by atoms with van der Waals surface area (Å²) in [6, 6.07) is 21.7. The van der Waals surface area contributed by atoms with Crippen molar-refractivity contribution in [1.82, 2.24) is 0 Å². The summed E-state index contributed by atoms with van der Waals surface area (Å²) in [6.07, 6.45) is 0. The van der Waals surface area contributed by atoms with Crippen molar-refractivity contribution in [3.8, 4) is 23.0 Å². The van der Waals surface area contributed by atoms with Gasteiger partial charge in [0.15, 0.2) is 0 Å². The van der Waals surface area contributed by atoms with E-state index in [1.165, 1.54) is 48.5 Å². The van der Waals surface area contributed by atoms with Crippen molar-refractivity contribution in [1.29, 1.82) is 0 Å². The lowest BCUT2D eigenvalue weighted by atomic mass is 10.1. The maximum Gasteiger partial charge on any atom is 0.343 e. The van der Waals surface area contributed by atoms with E-state index >= 15 is 0 Å². The molecule has 0 amide bonds. The van der Waals surface area contributed by atoms with Crippen LogP contribution in [0.5, 0.6) is 23.0 Å². The quantitative estimate of drug-likeness (QED) is 0.381. The molecule has 0 aliphatic heterocycles. The monoisotopic (exact) mass is 400 g/mol. The van der Waals surface area contributed by atoms with E-state index in [1.807, 2.05) is 6.07 Å². The van der Waals surface area contributed by atoms with Crippen LogP contribution in [0, 0.1) is 0 Å². The molecule has 0 atom stereocenters. The second kappa shape index (κ2) is 7.97. The number of carbonyl (C=O) groups excluding carboxylic acids is 2. The molecular formula is C24H16O6. The van der Waals surface area contributed by atoms with Gasteiger partial charge in [0.2, 0.25) is 0 Å². The van der Waals surface area contributed by atoms with Gasteiger partial charge in [-0.25, -0.2) is 9.59 Å². The third-order valence-electron chi connectivity index (χ3n) is 4.43. The number of carbonyl (C=O) groups is 2. The maximum atomic E-state index is 12.4. The first kappa shape index (κ1) is 19.0. The topological polar surface area (TPSA) is 93.1 Å². The largest absolute Gasteiger partial charge is 0.508 e. The van der Waals surface area contributed by atoms with Crippen LogP contribution < -0.4 is 9.47 Å². The predicted molar refractivity (Wildman–Crippen MR) is 110 cm³/mol. The summed E-state index contributed by atoms with van der Waals surface area (Å²) >= 11 is 0. The molecule has 0 saturated carbocycles. The molecule has 6 nitrogen and oxygen atoms in total. The second-order valence-electron chi connectivity index (χ2n) is 6.51. The van der Waals surface area contributed by atoms with Crippen molar-refractivity contribution >= 4 is 22.7 Å². The van der Waals surface area contributed by atoms with Gasteiger partial charge >= 0.3 is 11.9 Å². The minimum absolute atomic E-state index is 0.0612. The third-order valence-corrected chi connectivity index (χ3v) is 4.43. The fraction of sp³-hybridized carbons (Fsp3) is 0. The van der Waals surface area contributed by atoms with Crippen LogP contribution in [0.15, 0.2) is 84.9 Å². The summed E-state index contributed by atoms with van der Waals surface area (Å²) in [4.78, 5) is 24.6. The zero-order chi connectivity index (χ0) is 21.1. The fourth-order valence-electron chi connectivity index (χ4n) is 2.90. The second-order valence-corrected chi connectivity index (χ2v) is 6.51. The van der Waals surface area contributed by atoms with Gasteiger partial charge in [0.25, 0.3) is 0 Å². The molecule has 0 saturated heterocycles. The highest BCUT2D eigenvalue weighted by Gasteiger charge is 2.13. The lowest BCUT2D eigenvalue weighted by Crippen LogP contribution is -2.09. The molecule has 0 aromatic heterocycles. The lowest BCUT2D eigenvalue weighted by molar-refractivity contribution is 0.0727. The van der Waals surface area contributed by atoms with Crippen molar-refractivity contribution < 1.29 is 29.3 Å². The molecule has 4 rings (SSSR count). The molecule has 6 heteroatoms. The predicted octanol–water partition coefficient (Wildman–Crippen LogP) is 4.69. The first-order chi connectivity index (χ1) is 14.5. The normalized spacial score (nSPS) is 10.5. The molecule has 0 aliphatic rings. The van der Waals surface area contributed by atoms with E-state index in [0.717, 1.165) is 5.39 Å². The Morgan fingerprint density at radius 1 is 0.633 bits per heavy atom. The van der Waals surface area contributed by atoms with Gasteiger partial charge in [0.05, 0.1) is 11.1 Å². The highest BCUT2D eigenvalue weighted by molar-refractivity contribution is 5.96. The van der Waals surface area contributed by atoms with Crippen molar-refractivity contribution in [2.75, 3.05) is 0 Å². The van der Waals surface area contributed by atoms with Gasteiger partial charge in [-0.05, 0) is 78.2 Å². The number of hydrogen-bond donors (Lipinski definition) is 2. The number of esters is 2. The van der Waals surface area contributed by atoms with Crippen LogP contribution in [0.4, 0.5) is 0 Å². The third kappa shape index (κ3) is 4.07. The number of fused-ring (bicyclic) bond motifs is 1. The van der Waals surface area contributed by atoms with E-state index in [1.54, 1.807) is 30.3 Å². The van der Waals surface area contributed by atoms with Crippen molar-refractivity contribution in [3.63, 3.8) is 0 Å². The van der Waals surface area contributed by atoms with Gasteiger partial charge in [-0.2, -0.15) is 0 Å². The SMILES string of the molecule is O=C(Oc1ccc2c(OC(=O)c3ccc(O)cc3)cccc2c1)c1ccc(O)cc1. The minimum Gasteiger partial charge on any atom is -0.508 e. The van der Waals surface area contributed by atoms with Crippen molar-refractivity contribution in [2.45, 2.75) is 0 Å². The van der Waals surface area contributed by atoms with Gasteiger partial charge in [0, 0.05) is 5.39 Å². The molecule has 4 aromatic rings. The molecule has 30 heavy (non-hydrogen) atoms. The van der Waals surface area contributed by atoms with Crippen LogP contribution >= 0.6 is 0 Å².